The van der Waals surface area contributed by atoms with Gasteiger partial charge in [-0.2, -0.15) is 0 Å². The van der Waals surface area contributed by atoms with Crippen molar-refractivity contribution >= 4 is 146 Å². The predicted octanol–water partition coefficient (Wildman–Crippen LogP) is 11.0. The lowest BCUT2D eigenvalue weighted by molar-refractivity contribution is 0.669. The number of fused-ring (bicyclic) bond motifs is 19. The Morgan fingerprint density at radius 1 is 0.299 bits per heavy atom. The summed E-state index contributed by atoms with van der Waals surface area (Å²) in [7, 11) is 0. The average Bonchev–Trinajstić information content (AvgIpc) is 4.04. The van der Waals surface area contributed by atoms with Crippen LogP contribution < -0.4 is 42.6 Å². The van der Waals surface area contributed by atoms with Crippen molar-refractivity contribution in [3.05, 3.63) is 206 Å². The van der Waals surface area contributed by atoms with Crippen molar-refractivity contribution in [3.8, 4) is 11.4 Å². The smallest absolute Gasteiger partial charge is 0.252 e. The fourth-order valence-corrected chi connectivity index (χ4v) is 13.1. The van der Waals surface area contributed by atoms with Gasteiger partial charge in [0.1, 0.15) is 11.2 Å². The van der Waals surface area contributed by atoms with E-state index in [1.54, 1.807) is 0 Å². The minimum absolute atomic E-state index is 0.00882. The van der Waals surface area contributed by atoms with Crippen LogP contribution in [0.5, 0.6) is 0 Å². The first kappa shape index (κ1) is 34.7. The molecule has 0 amide bonds. The largest absolute Gasteiger partial charge is 0.456 e. The Morgan fingerprint density at radius 2 is 0.716 bits per heavy atom. The molecule has 0 atom stereocenters. The maximum Gasteiger partial charge on any atom is 0.252 e. The van der Waals surface area contributed by atoms with E-state index < -0.39 is 0 Å². The van der Waals surface area contributed by atoms with Crippen LogP contribution in [0.4, 0.5) is 34.1 Å². The molecular weight excluding hydrogens is 814 g/mol. The minimum Gasteiger partial charge on any atom is -0.456 e. The standard InChI is InChI=1S/C60H34B2N4O/c1-3-15-35(16-4-1)63-51-29-27-39-37-19-7-11-23-47(37)65-49-25-13-9-21-43(49)61(57(51)59(39)65)45-31-41-42-32-46-54(34-56(42)67-55(41)33-53(45)63)64(36-17-5-2-6-18-36)52-30-28-40-38-20-8-12-24-48(38)66-50-26-14-10-22-44(50)62(46)58(52)60(40)66/h1-34H. The fourth-order valence-electron chi connectivity index (χ4n) is 13.1. The SMILES string of the molecule is c1ccc(N2c3cc4oc5cc6c(cc5c4cc3B3c4ccccc4-n4c5ccccc5c5ccc2c3c54)B2c3ccccc3-n3c4ccccc4c4ccc(c2c43)N6c2ccccc2)cc1. The average molecular weight is 849 g/mol. The van der Waals surface area contributed by atoms with Crippen LogP contribution >= 0.6 is 0 Å². The van der Waals surface area contributed by atoms with Crippen LogP contribution in [-0.2, 0) is 0 Å². The van der Waals surface area contributed by atoms with E-state index in [2.05, 4.69) is 225 Å². The summed E-state index contributed by atoms with van der Waals surface area (Å²) in [5.41, 5.74) is 24.2. The lowest BCUT2D eigenvalue weighted by atomic mass is 9.33. The summed E-state index contributed by atoms with van der Waals surface area (Å²) in [5, 5.41) is 7.41. The zero-order valence-electron chi connectivity index (χ0n) is 36.0. The van der Waals surface area contributed by atoms with Gasteiger partial charge in [0.15, 0.2) is 0 Å². The Bertz CT molecular complexity index is 4100. The second-order valence-corrected chi connectivity index (χ2v) is 18.7. The topological polar surface area (TPSA) is 29.5 Å². The molecule has 13 aromatic rings. The van der Waals surface area contributed by atoms with E-state index in [0.717, 1.165) is 44.7 Å². The highest BCUT2D eigenvalue weighted by Gasteiger charge is 2.45. The molecule has 0 saturated heterocycles. The van der Waals surface area contributed by atoms with Crippen molar-refractivity contribution < 1.29 is 4.42 Å². The summed E-state index contributed by atoms with van der Waals surface area (Å²) >= 11 is 0. The number of hydrogen-bond acceptors (Lipinski definition) is 3. The van der Waals surface area contributed by atoms with E-state index in [1.165, 1.54) is 99.1 Å². The Kier molecular flexibility index (Phi) is 6.30. The summed E-state index contributed by atoms with van der Waals surface area (Å²) in [5.74, 6) is 0. The van der Waals surface area contributed by atoms with E-state index in [0.29, 0.717) is 0 Å². The highest BCUT2D eigenvalue weighted by molar-refractivity contribution is 7.01. The lowest BCUT2D eigenvalue weighted by Crippen LogP contribution is -2.60. The molecule has 0 N–H and O–H groups in total. The second-order valence-electron chi connectivity index (χ2n) is 18.7. The van der Waals surface area contributed by atoms with E-state index in [9.17, 15) is 0 Å². The zero-order chi connectivity index (χ0) is 43.2. The highest BCUT2D eigenvalue weighted by atomic mass is 16.3. The van der Waals surface area contributed by atoms with Gasteiger partial charge in [0.05, 0.1) is 22.1 Å². The number of hydrogen-bond donors (Lipinski definition) is 0. The zero-order valence-corrected chi connectivity index (χ0v) is 36.0. The molecule has 7 heteroatoms. The molecule has 17 rings (SSSR count). The van der Waals surface area contributed by atoms with Gasteiger partial charge >= 0.3 is 0 Å². The van der Waals surface area contributed by atoms with Crippen molar-refractivity contribution in [1.82, 2.24) is 9.13 Å². The fraction of sp³-hybridized carbons (Fsp3) is 0. The van der Waals surface area contributed by atoms with Gasteiger partial charge in [0.25, 0.3) is 13.4 Å². The number of furan rings is 1. The van der Waals surface area contributed by atoms with Crippen molar-refractivity contribution in [2.75, 3.05) is 9.80 Å². The molecular formula is C60H34B2N4O. The maximum atomic E-state index is 7.19. The van der Waals surface area contributed by atoms with Gasteiger partial charge in [-0.15, -0.1) is 0 Å². The molecule has 7 heterocycles. The van der Waals surface area contributed by atoms with E-state index in [1.807, 2.05) is 0 Å². The Balaban J connectivity index is 0.986. The van der Waals surface area contributed by atoms with Crippen LogP contribution in [0.2, 0.25) is 0 Å². The summed E-state index contributed by atoms with van der Waals surface area (Å²) < 4.78 is 12.2. The summed E-state index contributed by atoms with van der Waals surface area (Å²) in [6.45, 7) is 0.0176. The molecule has 0 radical (unpaired) electrons. The minimum atomic E-state index is 0.00882. The van der Waals surface area contributed by atoms with E-state index in [4.69, 9.17) is 4.42 Å². The molecule has 0 spiro atoms. The maximum absolute atomic E-state index is 7.19. The first-order valence-corrected chi connectivity index (χ1v) is 23.3. The lowest BCUT2D eigenvalue weighted by Gasteiger charge is -2.40. The Morgan fingerprint density at radius 3 is 1.19 bits per heavy atom. The van der Waals surface area contributed by atoms with E-state index >= 15 is 0 Å². The van der Waals surface area contributed by atoms with Crippen LogP contribution in [0, 0.1) is 0 Å². The summed E-state index contributed by atoms with van der Waals surface area (Å²) in [4.78, 5) is 4.95. The number of anilines is 6. The molecule has 5 nitrogen and oxygen atoms in total. The molecule has 4 aliphatic rings. The van der Waals surface area contributed by atoms with Crippen LogP contribution in [-0.4, -0.2) is 22.6 Å². The van der Waals surface area contributed by atoms with Crippen molar-refractivity contribution in [2.24, 2.45) is 0 Å². The van der Waals surface area contributed by atoms with Crippen molar-refractivity contribution in [1.29, 1.82) is 0 Å². The highest BCUT2D eigenvalue weighted by Crippen LogP contribution is 2.47. The molecule has 0 aliphatic carbocycles. The van der Waals surface area contributed by atoms with Gasteiger partial charge < -0.3 is 23.4 Å². The Hall–Kier alpha value is -8.67. The van der Waals surface area contributed by atoms with Gasteiger partial charge in [-0.1, -0.05) is 133 Å². The van der Waals surface area contributed by atoms with Crippen molar-refractivity contribution in [2.45, 2.75) is 0 Å². The third-order valence-corrected chi connectivity index (χ3v) is 15.6. The van der Waals surface area contributed by atoms with E-state index in [-0.39, 0.29) is 13.4 Å². The van der Waals surface area contributed by atoms with Crippen LogP contribution in [0.15, 0.2) is 211 Å². The molecule has 4 aliphatic heterocycles. The van der Waals surface area contributed by atoms with Gasteiger partial charge in [0, 0.05) is 89.9 Å². The molecule has 0 bridgehead atoms. The summed E-state index contributed by atoms with van der Waals surface area (Å²) in [6.07, 6.45) is 0. The molecule has 67 heavy (non-hydrogen) atoms. The molecule has 10 aromatic carbocycles. The second kappa shape index (κ2) is 12.2. The van der Waals surface area contributed by atoms with Crippen LogP contribution in [0.1, 0.15) is 0 Å². The van der Waals surface area contributed by atoms with Crippen LogP contribution in [0.3, 0.4) is 0 Å². The van der Waals surface area contributed by atoms with Gasteiger partial charge in [0.2, 0.25) is 0 Å². The first-order chi connectivity index (χ1) is 33.3. The number of para-hydroxylation sites is 6. The first-order valence-electron chi connectivity index (χ1n) is 23.3. The third kappa shape index (κ3) is 4.16. The molecule has 0 unspecified atom stereocenters. The number of nitrogens with zero attached hydrogens (tertiary/aromatic N) is 4. The van der Waals surface area contributed by atoms with Gasteiger partial charge in [-0.05, 0) is 93.4 Å². The normalized spacial score (nSPS) is 13.9. The van der Waals surface area contributed by atoms with Crippen molar-refractivity contribution in [3.63, 3.8) is 0 Å². The molecule has 0 fully saturated rings. The molecule has 3 aromatic heterocycles. The van der Waals surface area contributed by atoms with Gasteiger partial charge in [-0.3, -0.25) is 0 Å². The molecule has 0 saturated carbocycles. The van der Waals surface area contributed by atoms with Crippen LogP contribution in [0.25, 0.3) is 76.9 Å². The Labute approximate surface area is 385 Å². The van der Waals surface area contributed by atoms with Gasteiger partial charge in [-0.25, -0.2) is 0 Å². The monoisotopic (exact) mass is 848 g/mol. The predicted molar refractivity (Wildman–Crippen MR) is 281 cm³/mol. The molecule has 306 valence electrons. The third-order valence-electron chi connectivity index (χ3n) is 15.6. The quantitative estimate of drug-likeness (QED) is 0.162. The number of rotatable bonds is 2. The number of benzene rings is 10. The summed E-state index contributed by atoms with van der Waals surface area (Å²) in [6, 6.07) is 76.7. The number of aromatic nitrogens is 2.